The molecule has 2 heterocycles. The number of furan rings is 1. The predicted molar refractivity (Wildman–Crippen MR) is 56.6 cm³/mol. The molecule has 1 aliphatic heterocycles. The van der Waals surface area contributed by atoms with E-state index in [1.165, 1.54) is 0 Å². The van der Waals surface area contributed by atoms with Crippen LogP contribution in [0.3, 0.4) is 0 Å². The van der Waals surface area contributed by atoms with Gasteiger partial charge in [0.05, 0.1) is 18.5 Å². The zero-order chi connectivity index (χ0) is 11.7. The molecule has 5 nitrogen and oxygen atoms in total. The molecule has 86 valence electrons. The van der Waals surface area contributed by atoms with Gasteiger partial charge in [0.2, 0.25) is 11.8 Å². The fourth-order valence-electron chi connectivity index (χ4n) is 1.76. The molecule has 2 N–H and O–H groups in total. The van der Waals surface area contributed by atoms with Gasteiger partial charge in [-0.2, -0.15) is 0 Å². The fourth-order valence-corrected chi connectivity index (χ4v) is 1.76. The fraction of sp³-hybridized carbons (Fsp3) is 0.455. The summed E-state index contributed by atoms with van der Waals surface area (Å²) in [7, 11) is 0. The monoisotopic (exact) mass is 222 g/mol. The number of hydrogen-bond acceptors (Lipinski definition) is 4. The van der Waals surface area contributed by atoms with E-state index in [1.54, 1.807) is 0 Å². The summed E-state index contributed by atoms with van der Waals surface area (Å²) in [4.78, 5) is 22.3. The molecule has 0 bridgehead atoms. The predicted octanol–water partition coefficient (Wildman–Crippen LogP) is 0.654. The maximum absolute atomic E-state index is 11.3. The lowest BCUT2D eigenvalue weighted by atomic mass is 10.2. The van der Waals surface area contributed by atoms with Crippen LogP contribution in [-0.4, -0.2) is 17.9 Å². The molecule has 2 rings (SSSR count). The molecule has 0 aliphatic carbocycles. The van der Waals surface area contributed by atoms with Crippen molar-refractivity contribution < 1.29 is 14.0 Å². The number of carbonyl (C=O) groups is 2. The third-order valence-corrected chi connectivity index (χ3v) is 2.61. The van der Waals surface area contributed by atoms with Crippen molar-refractivity contribution in [3.63, 3.8) is 0 Å². The molecule has 2 amide bonds. The Kier molecular flexibility index (Phi) is 2.78. The van der Waals surface area contributed by atoms with E-state index in [0.717, 1.165) is 11.5 Å². The van der Waals surface area contributed by atoms with Crippen LogP contribution in [0.5, 0.6) is 0 Å². The van der Waals surface area contributed by atoms with E-state index in [0.29, 0.717) is 0 Å². The van der Waals surface area contributed by atoms with E-state index in [1.807, 2.05) is 26.0 Å². The van der Waals surface area contributed by atoms with Crippen molar-refractivity contribution in [1.82, 2.24) is 10.6 Å². The summed E-state index contributed by atoms with van der Waals surface area (Å²) in [5.41, 5.74) is 0. The van der Waals surface area contributed by atoms with E-state index >= 15 is 0 Å². The summed E-state index contributed by atoms with van der Waals surface area (Å²) in [5, 5.41) is 5.32. The van der Waals surface area contributed by atoms with Gasteiger partial charge in [-0.05, 0) is 26.0 Å². The molecule has 1 aliphatic rings. The molecule has 0 saturated carbocycles. The first kappa shape index (κ1) is 10.9. The molecule has 0 spiro atoms. The minimum atomic E-state index is -0.451. The molecule has 1 saturated heterocycles. The zero-order valence-electron chi connectivity index (χ0n) is 9.24. The second-order valence-corrected chi connectivity index (χ2v) is 4.01. The lowest BCUT2D eigenvalue weighted by Gasteiger charge is -2.14. The third-order valence-electron chi connectivity index (χ3n) is 2.61. The average Bonchev–Trinajstić information content (AvgIpc) is 2.74. The van der Waals surface area contributed by atoms with Crippen molar-refractivity contribution >= 4 is 11.8 Å². The number of hydrogen-bond donors (Lipinski definition) is 2. The molecular formula is C11H14N2O3. The number of nitrogens with one attached hydrogen (secondary N) is 2. The minimum absolute atomic E-state index is 0.0876. The highest BCUT2D eigenvalue weighted by molar-refractivity contribution is 6.05. The second kappa shape index (κ2) is 4.09. The number of aryl methyl sites for hydroxylation is 1. The zero-order valence-corrected chi connectivity index (χ0v) is 9.24. The molecular weight excluding hydrogens is 208 g/mol. The van der Waals surface area contributed by atoms with Crippen LogP contribution in [0, 0.1) is 6.92 Å². The summed E-state index contributed by atoms with van der Waals surface area (Å²) < 4.78 is 5.44. The van der Waals surface area contributed by atoms with Gasteiger partial charge in [0.25, 0.3) is 0 Å². The average molecular weight is 222 g/mol. The van der Waals surface area contributed by atoms with Gasteiger partial charge in [-0.25, -0.2) is 0 Å². The van der Waals surface area contributed by atoms with Crippen LogP contribution in [0.25, 0.3) is 0 Å². The molecule has 0 aromatic carbocycles. The van der Waals surface area contributed by atoms with Crippen LogP contribution in [0.1, 0.15) is 30.9 Å². The Labute approximate surface area is 93.2 Å². The summed E-state index contributed by atoms with van der Waals surface area (Å²) in [6.45, 7) is 3.76. The van der Waals surface area contributed by atoms with E-state index in [2.05, 4.69) is 10.6 Å². The quantitative estimate of drug-likeness (QED) is 0.737. The number of amides is 2. The molecule has 0 radical (unpaired) electrons. The first-order valence-corrected chi connectivity index (χ1v) is 5.22. The van der Waals surface area contributed by atoms with Crippen molar-refractivity contribution in [2.45, 2.75) is 32.4 Å². The molecule has 5 heteroatoms. The third kappa shape index (κ3) is 2.14. The van der Waals surface area contributed by atoms with E-state index in [4.69, 9.17) is 4.42 Å². The molecule has 2 unspecified atom stereocenters. The first-order chi connectivity index (χ1) is 7.56. The van der Waals surface area contributed by atoms with Crippen molar-refractivity contribution in [2.75, 3.05) is 0 Å². The topological polar surface area (TPSA) is 71.3 Å². The van der Waals surface area contributed by atoms with Crippen LogP contribution in [0.15, 0.2) is 16.5 Å². The molecule has 2 atom stereocenters. The van der Waals surface area contributed by atoms with Crippen molar-refractivity contribution in [1.29, 1.82) is 0 Å². The molecule has 16 heavy (non-hydrogen) atoms. The highest BCUT2D eigenvalue weighted by atomic mass is 16.3. The van der Waals surface area contributed by atoms with Gasteiger partial charge < -0.3 is 4.42 Å². The summed E-state index contributed by atoms with van der Waals surface area (Å²) in [6, 6.07) is 3.19. The number of rotatable bonds is 3. The van der Waals surface area contributed by atoms with Crippen LogP contribution < -0.4 is 10.6 Å². The lowest BCUT2D eigenvalue weighted by molar-refractivity contribution is -0.125. The highest BCUT2D eigenvalue weighted by Gasteiger charge is 2.31. The van der Waals surface area contributed by atoms with Gasteiger partial charge in [-0.3, -0.25) is 20.2 Å². The van der Waals surface area contributed by atoms with Gasteiger partial charge in [0, 0.05) is 0 Å². The van der Waals surface area contributed by atoms with Crippen molar-refractivity contribution in [3.8, 4) is 0 Å². The Hall–Kier alpha value is -1.62. The summed E-state index contributed by atoms with van der Waals surface area (Å²) in [6.07, 6.45) is 0.197. The van der Waals surface area contributed by atoms with E-state index < -0.39 is 6.04 Å². The Morgan fingerprint density at radius 3 is 2.75 bits per heavy atom. The Bertz CT molecular complexity index is 425. The SMILES string of the molecule is Cc1ccc(C(C)NC2CC(=O)NC2=O)o1. The van der Waals surface area contributed by atoms with Gasteiger partial charge >= 0.3 is 0 Å². The van der Waals surface area contributed by atoms with Gasteiger partial charge in [0.15, 0.2) is 0 Å². The van der Waals surface area contributed by atoms with Crippen LogP contribution in [0.4, 0.5) is 0 Å². The maximum Gasteiger partial charge on any atom is 0.244 e. The highest BCUT2D eigenvalue weighted by Crippen LogP contribution is 2.17. The second-order valence-electron chi connectivity index (χ2n) is 4.01. The van der Waals surface area contributed by atoms with Gasteiger partial charge in [-0.1, -0.05) is 0 Å². The van der Waals surface area contributed by atoms with Crippen LogP contribution in [0.2, 0.25) is 0 Å². The Morgan fingerprint density at radius 2 is 2.25 bits per heavy atom. The van der Waals surface area contributed by atoms with Crippen LogP contribution >= 0.6 is 0 Å². The van der Waals surface area contributed by atoms with Crippen LogP contribution in [-0.2, 0) is 9.59 Å². The Morgan fingerprint density at radius 1 is 1.50 bits per heavy atom. The van der Waals surface area contributed by atoms with Crippen molar-refractivity contribution in [2.24, 2.45) is 0 Å². The van der Waals surface area contributed by atoms with E-state index in [9.17, 15) is 9.59 Å². The van der Waals surface area contributed by atoms with Crippen molar-refractivity contribution in [3.05, 3.63) is 23.7 Å². The lowest BCUT2D eigenvalue weighted by Crippen LogP contribution is -2.37. The molecule has 1 fully saturated rings. The smallest absolute Gasteiger partial charge is 0.244 e. The maximum atomic E-state index is 11.3. The Balaban J connectivity index is 2.00. The summed E-state index contributed by atoms with van der Waals surface area (Å²) >= 11 is 0. The minimum Gasteiger partial charge on any atom is -0.465 e. The molecule has 1 aromatic rings. The normalized spacial score (nSPS) is 22.2. The number of carbonyl (C=O) groups excluding carboxylic acids is 2. The number of imide groups is 1. The standard InChI is InChI=1S/C11H14N2O3/c1-6-3-4-9(16-6)7(2)12-8-5-10(14)13-11(8)15/h3-4,7-8,12H,5H2,1-2H3,(H,13,14,15). The van der Waals surface area contributed by atoms with E-state index in [-0.39, 0.29) is 24.3 Å². The van der Waals surface area contributed by atoms with Gasteiger partial charge in [0.1, 0.15) is 11.5 Å². The molecule has 1 aromatic heterocycles. The largest absolute Gasteiger partial charge is 0.465 e. The van der Waals surface area contributed by atoms with Gasteiger partial charge in [-0.15, -0.1) is 0 Å². The first-order valence-electron chi connectivity index (χ1n) is 5.22. The summed E-state index contributed by atoms with van der Waals surface area (Å²) in [5.74, 6) is 1.10.